The lowest BCUT2D eigenvalue weighted by molar-refractivity contribution is -0.140. The monoisotopic (exact) mass is 398 g/mol. The highest BCUT2D eigenvalue weighted by atomic mass is 32.1. The number of likely N-dealkylation sites (tertiary alicyclic amines) is 1. The van der Waals surface area contributed by atoms with Crippen molar-refractivity contribution < 1.29 is 14.3 Å². The quantitative estimate of drug-likeness (QED) is 0.598. The number of thiophene rings is 1. The maximum Gasteiger partial charge on any atom is 0.358 e. The van der Waals surface area contributed by atoms with Crippen molar-refractivity contribution >= 4 is 34.6 Å². The maximum atomic E-state index is 12.9. The van der Waals surface area contributed by atoms with Gasteiger partial charge < -0.3 is 9.64 Å². The highest BCUT2D eigenvalue weighted by Crippen LogP contribution is 2.28. The lowest BCUT2D eigenvalue weighted by atomic mass is 10.1. The van der Waals surface area contributed by atoms with E-state index >= 15 is 0 Å². The minimum atomic E-state index is -0.942. The van der Waals surface area contributed by atoms with Gasteiger partial charge in [-0.3, -0.25) is 4.79 Å². The second-order valence-electron chi connectivity index (χ2n) is 6.28. The molecule has 0 N–H and O–H groups in total. The fraction of sp³-hybridized carbons (Fsp3) is 0.250. The zero-order valence-electron chi connectivity index (χ0n) is 14.5. The molecule has 0 radical (unpaired) electrons. The molecule has 0 aliphatic carbocycles. The Hall–Kier alpha value is -2.51. The minimum Gasteiger partial charge on any atom is -0.443 e. The number of hydrogen-bond acceptors (Lipinski definition) is 6. The standard InChI is InChI=1S/C20H18N2O3S2/c23-19(22-9-4-5-10-22)17(14-6-2-1-3-7-14)25-20(24)16-13-27-18(21-16)15-8-11-26-12-15/h1-3,6-8,11-13,17H,4-5,9-10H2. The number of ether oxygens (including phenoxy) is 1. The zero-order valence-corrected chi connectivity index (χ0v) is 16.2. The SMILES string of the molecule is O=C(OC(C(=O)N1CCCC1)c1ccccc1)c1csc(-c2ccsc2)n1. The summed E-state index contributed by atoms with van der Waals surface area (Å²) in [5.74, 6) is -0.741. The van der Waals surface area contributed by atoms with Gasteiger partial charge in [0, 0.05) is 35.0 Å². The molecule has 138 valence electrons. The summed E-state index contributed by atoms with van der Waals surface area (Å²) in [6.45, 7) is 1.41. The van der Waals surface area contributed by atoms with Gasteiger partial charge in [0.1, 0.15) is 5.01 Å². The first kappa shape index (κ1) is 17.9. The third-order valence-corrected chi connectivity index (χ3v) is 6.03. The van der Waals surface area contributed by atoms with E-state index in [9.17, 15) is 9.59 Å². The van der Waals surface area contributed by atoms with E-state index in [1.807, 2.05) is 47.2 Å². The van der Waals surface area contributed by atoms with E-state index in [0.717, 1.165) is 23.4 Å². The molecule has 1 aliphatic heterocycles. The largest absolute Gasteiger partial charge is 0.443 e. The van der Waals surface area contributed by atoms with E-state index in [1.165, 1.54) is 11.3 Å². The summed E-state index contributed by atoms with van der Waals surface area (Å²) >= 11 is 2.97. The van der Waals surface area contributed by atoms with E-state index in [2.05, 4.69) is 4.98 Å². The summed E-state index contributed by atoms with van der Waals surface area (Å²) in [6.07, 6.45) is 1.03. The van der Waals surface area contributed by atoms with Gasteiger partial charge in [-0.2, -0.15) is 11.3 Å². The molecule has 1 aliphatic rings. The van der Waals surface area contributed by atoms with Crippen LogP contribution in [0.25, 0.3) is 10.6 Å². The average molecular weight is 399 g/mol. The normalized spacial score (nSPS) is 14.9. The summed E-state index contributed by atoms with van der Waals surface area (Å²) in [5, 5.41) is 6.40. The summed E-state index contributed by atoms with van der Waals surface area (Å²) in [7, 11) is 0. The zero-order chi connectivity index (χ0) is 18.6. The van der Waals surface area contributed by atoms with Crippen molar-refractivity contribution in [2.24, 2.45) is 0 Å². The van der Waals surface area contributed by atoms with E-state index in [4.69, 9.17) is 4.74 Å². The van der Waals surface area contributed by atoms with Crippen molar-refractivity contribution in [3.8, 4) is 10.6 Å². The van der Waals surface area contributed by atoms with Crippen LogP contribution in [0.1, 0.15) is 35.0 Å². The minimum absolute atomic E-state index is 0.166. The smallest absolute Gasteiger partial charge is 0.358 e. The predicted octanol–water partition coefficient (Wildman–Crippen LogP) is 4.39. The third-order valence-electron chi connectivity index (χ3n) is 4.45. The van der Waals surface area contributed by atoms with E-state index in [-0.39, 0.29) is 11.6 Å². The number of aromatic nitrogens is 1. The van der Waals surface area contributed by atoms with Crippen LogP contribution in [-0.4, -0.2) is 34.8 Å². The van der Waals surface area contributed by atoms with E-state index in [1.54, 1.807) is 21.6 Å². The Morgan fingerprint density at radius 1 is 1.07 bits per heavy atom. The molecule has 3 heterocycles. The maximum absolute atomic E-state index is 12.9. The summed E-state index contributed by atoms with van der Waals surface area (Å²) < 4.78 is 5.64. The highest BCUT2D eigenvalue weighted by Gasteiger charge is 2.31. The molecule has 0 saturated carbocycles. The number of benzene rings is 1. The molecule has 1 aromatic carbocycles. The van der Waals surface area contributed by atoms with Gasteiger partial charge in [-0.1, -0.05) is 30.3 Å². The number of esters is 1. The number of amides is 1. The molecule has 1 unspecified atom stereocenters. The van der Waals surface area contributed by atoms with Crippen LogP contribution in [0.5, 0.6) is 0 Å². The van der Waals surface area contributed by atoms with Crippen LogP contribution < -0.4 is 0 Å². The van der Waals surface area contributed by atoms with E-state index < -0.39 is 12.1 Å². The molecule has 1 atom stereocenters. The summed E-state index contributed by atoms with van der Waals surface area (Å²) in [5.41, 5.74) is 1.89. The Morgan fingerprint density at radius 2 is 1.85 bits per heavy atom. The van der Waals surface area contributed by atoms with Crippen molar-refractivity contribution in [2.45, 2.75) is 18.9 Å². The average Bonchev–Trinajstić information content (AvgIpc) is 3.47. The topological polar surface area (TPSA) is 59.5 Å². The highest BCUT2D eigenvalue weighted by molar-refractivity contribution is 7.14. The van der Waals surface area contributed by atoms with E-state index in [0.29, 0.717) is 18.7 Å². The molecule has 2 aromatic heterocycles. The Morgan fingerprint density at radius 3 is 2.56 bits per heavy atom. The number of nitrogens with zero attached hydrogens (tertiary/aromatic N) is 2. The molecule has 27 heavy (non-hydrogen) atoms. The van der Waals surface area contributed by atoms with Crippen LogP contribution in [0.2, 0.25) is 0 Å². The number of rotatable bonds is 5. The van der Waals surface area contributed by atoms with Gasteiger partial charge in [-0.15, -0.1) is 11.3 Å². The van der Waals surface area contributed by atoms with Crippen molar-refractivity contribution in [1.82, 2.24) is 9.88 Å². The molecule has 1 amide bonds. The van der Waals surface area contributed by atoms with Crippen LogP contribution in [0, 0.1) is 0 Å². The van der Waals surface area contributed by atoms with Gasteiger partial charge in [0.15, 0.2) is 5.69 Å². The first-order valence-corrected chi connectivity index (χ1v) is 10.6. The molecular weight excluding hydrogens is 380 g/mol. The summed E-state index contributed by atoms with van der Waals surface area (Å²) in [4.78, 5) is 31.8. The van der Waals surface area contributed by atoms with Crippen LogP contribution in [-0.2, 0) is 9.53 Å². The van der Waals surface area contributed by atoms with Gasteiger partial charge in [-0.25, -0.2) is 9.78 Å². The first-order chi connectivity index (χ1) is 13.2. The number of carbonyl (C=O) groups is 2. The Kier molecular flexibility index (Phi) is 5.31. The molecular formula is C20H18N2O3S2. The van der Waals surface area contributed by atoms with Crippen molar-refractivity contribution in [3.05, 3.63) is 63.8 Å². The van der Waals surface area contributed by atoms with Gasteiger partial charge >= 0.3 is 5.97 Å². The third kappa shape index (κ3) is 3.94. The molecule has 5 nitrogen and oxygen atoms in total. The molecule has 4 rings (SSSR count). The fourth-order valence-electron chi connectivity index (χ4n) is 3.05. The Labute approximate surface area is 165 Å². The number of carbonyl (C=O) groups excluding carboxylic acids is 2. The number of thiazole rings is 1. The second kappa shape index (κ2) is 8.02. The van der Waals surface area contributed by atoms with Crippen molar-refractivity contribution in [1.29, 1.82) is 0 Å². The van der Waals surface area contributed by atoms with Gasteiger partial charge in [0.05, 0.1) is 0 Å². The Balaban J connectivity index is 1.55. The van der Waals surface area contributed by atoms with Crippen LogP contribution in [0.3, 0.4) is 0 Å². The van der Waals surface area contributed by atoms with Gasteiger partial charge in [-0.05, 0) is 24.3 Å². The van der Waals surface area contributed by atoms with Crippen LogP contribution in [0.15, 0.2) is 52.5 Å². The fourth-order valence-corrected chi connectivity index (χ4v) is 4.55. The van der Waals surface area contributed by atoms with Gasteiger partial charge in [0.25, 0.3) is 5.91 Å². The molecule has 1 saturated heterocycles. The molecule has 7 heteroatoms. The lowest BCUT2D eigenvalue weighted by Crippen LogP contribution is -2.34. The Bertz CT molecular complexity index is 916. The first-order valence-electron chi connectivity index (χ1n) is 8.75. The number of hydrogen-bond donors (Lipinski definition) is 0. The van der Waals surface area contributed by atoms with Crippen LogP contribution >= 0.6 is 22.7 Å². The predicted molar refractivity (Wildman–Crippen MR) is 106 cm³/mol. The van der Waals surface area contributed by atoms with Crippen LogP contribution in [0.4, 0.5) is 0 Å². The molecule has 0 bridgehead atoms. The second-order valence-corrected chi connectivity index (χ2v) is 7.92. The molecule has 0 spiro atoms. The molecule has 1 fully saturated rings. The van der Waals surface area contributed by atoms with Gasteiger partial charge in [0.2, 0.25) is 6.10 Å². The lowest BCUT2D eigenvalue weighted by Gasteiger charge is -2.23. The van der Waals surface area contributed by atoms with Crippen molar-refractivity contribution in [3.63, 3.8) is 0 Å². The molecule has 3 aromatic rings. The van der Waals surface area contributed by atoms with Crippen molar-refractivity contribution in [2.75, 3.05) is 13.1 Å². The summed E-state index contributed by atoms with van der Waals surface area (Å²) in [6, 6.07) is 11.1.